The fraction of sp³-hybridized carbons (Fsp3) is 0.154. The van der Waals surface area contributed by atoms with Gasteiger partial charge in [0, 0.05) is 15.5 Å². The molecule has 1 heterocycles. The van der Waals surface area contributed by atoms with E-state index < -0.39 is 16.8 Å². The summed E-state index contributed by atoms with van der Waals surface area (Å²) in [4.78, 5) is 12.6. The molecule has 1 aromatic carbocycles. The van der Waals surface area contributed by atoms with Gasteiger partial charge in [0.25, 0.3) is 0 Å². The predicted molar refractivity (Wildman–Crippen MR) is 72.7 cm³/mol. The normalized spacial score (nSPS) is 12.2. The quantitative estimate of drug-likeness (QED) is 0.916. The van der Waals surface area contributed by atoms with Gasteiger partial charge in [-0.1, -0.05) is 6.07 Å². The molecule has 0 radical (unpaired) electrons. The van der Waals surface area contributed by atoms with Gasteiger partial charge in [-0.2, -0.15) is 0 Å². The van der Waals surface area contributed by atoms with Gasteiger partial charge in [-0.3, -0.25) is 4.21 Å². The molecule has 0 aliphatic heterocycles. The van der Waals surface area contributed by atoms with Crippen LogP contribution in [0.25, 0.3) is 0 Å². The van der Waals surface area contributed by atoms with E-state index in [1.807, 2.05) is 17.5 Å². The third-order valence-corrected chi connectivity index (χ3v) is 4.79. The van der Waals surface area contributed by atoms with Crippen LogP contribution in [-0.2, 0) is 17.2 Å². The summed E-state index contributed by atoms with van der Waals surface area (Å²) in [6.45, 7) is 0. The molecule has 94 valence electrons. The van der Waals surface area contributed by atoms with Crippen molar-refractivity contribution in [2.45, 2.75) is 11.3 Å². The molecule has 2 aromatic rings. The molecule has 0 fully saturated rings. The summed E-state index contributed by atoms with van der Waals surface area (Å²) in [7, 11) is -1.08. The highest BCUT2D eigenvalue weighted by Gasteiger charge is 2.07. The Labute approximate surface area is 112 Å². The van der Waals surface area contributed by atoms with Crippen molar-refractivity contribution in [1.82, 2.24) is 0 Å². The minimum atomic E-state index is -1.08. The van der Waals surface area contributed by atoms with E-state index in [0.29, 0.717) is 10.6 Å². The second-order valence-electron chi connectivity index (χ2n) is 3.71. The minimum Gasteiger partial charge on any atom is -0.478 e. The maximum atomic E-state index is 12.0. The van der Waals surface area contributed by atoms with Crippen molar-refractivity contribution < 1.29 is 14.1 Å². The van der Waals surface area contributed by atoms with E-state index in [4.69, 9.17) is 5.11 Å². The lowest BCUT2D eigenvalue weighted by atomic mass is 10.2. The zero-order valence-electron chi connectivity index (χ0n) is 9.54. The summed E-state index contributed by atoms with van der Waals surface area (Å²) >= 11 is 1.65. The Bertz CT molecular complexity index is 544. The van der Waals surface area contributed by atoms with E-state index in [9.17, 15) is 9.00 Å². The maximum absolute atomic E-state index is 12.0. The van der Waals surface area contributed by atoms with Crippen molar-refractivity contribution in [2.24, 2.45) is 0 Å². The van der Waals surface area contributed by atoms with Gasteiger partial charge in [0.15, 0.2) is 0 Å². The van der Waals surface area contributed by atoms with E-state index in [1.165, 1.54) is 17.0 Å². The van der Waals surface area contributed by atoms with Gasteiger partial charge in [0.05, 0.1) is 16.4 Å². The molecule has 3 nitrogen and oxygen atoms in total. The molecule has 0 amide bonds. The Balaban J connectivity index is 1.98. The van der Waals surface area contributed by atoms with Gasteiger partial charge in [-0.15, -0.1) is 11.3 Å². The van der Waals surface area contributed by atoms with Crippen LogP contribution in [0.2, 0.25) is 0 Å². The van der Waals surface area contributed by atoms with Crippen LogP contribution < -0.4 is 0 Å². The fourth-order valence-corrected chi connectivity index (χ4v) is 3.43. The minimum absolute atomic E-state index is 0.217. The summed E-state index contributed by atoms with van der Waals surface area (Å²) in [5, 5.41) is 10.8. The summed E-state index contributed by atoms with van der Waals surface area (Å²) in [5.74, 6) is -0.404. The first-order valence-electron chi connectivity index (χ1n) is 5.41. The molecule has 1 aromatic heterocycles. The Kier molecular flexibility index (Phi) is 4.28. The molecule has 5 heteroatoms. The molecule has 0 aliphatic rings. The zero-order chi connectivity index (χ0) is 13.0. The molecule has 1 unspecified atom stereocenters. The summed E-state index contributed by atoms with van der Waals surface area (Å²) in [6, 6.07) is 10.2. The number of aryl methyl sites for hydroxylation is 1. The highest BCUT2D eigenvalue weighted by atomic mass is 32.2. The Hall–Kier alpha value is -1.46. The van der Waals surface area contributed by atoms with Crippen LogP contribution in [0.5, 0.6) is 0 Å². The van der Waals surface area contributed by atoms with Crippen molar-refractivity contribution in [2.75, 3.05) is 5.75 Å². The van der Waals surface area contributed by atoms with Crippen molar-refractivity contribution in [3.05, 3.63) is 52.2 Å². The molecule has 1 atom stereocenters. The summed E-state index contributed by atoms with van der Waals surface area (Å²) in [5.41, 5.74) is 0.217. The second kappa shape index (κ2) is 5.93. The first-order valence-corrected chi connectivity index (χ1v) is 7.61. The largest absolute Gasteiger partial charge is 0.478 e. The molecule has 2 rings (SSSR count). The number of carboxylic acid groups (broad SMARTS) is 1. The number of rotatable bonds is 5. The Morgan fingerprint density at radius 1 is 1.22 bits per heavy atom. The lowest BCUT2D eigenvalue weighted by molar-refractivity contribution is 0.0697. The zero-order valence-corrected chi connectivity index (χ0v) is 11.2. The van der Waals surface area contributed by atoms with Crippen LogP contribution in [0.3, 0.4) is 0 Å². The van der Waals surface area contributed by atoms with E-state index >= 15 is 0 Å². The first-order chi connectivity index (χ1) is 8.66. The number of benzene rings is 1. The van der Waals surface area contributed by atoms with Crippen molar-refractivity contribution in [1.29, 1.82) is 0 Å². The van der Waals surface area contributed by atoms with Gasteiger partial charge in [0.1, 0.15) is 0 Å². The van der Waals surface area contributed by atoms with Crippen LogP contribution in [0.15, 0.2) is 46.7 Å². The van der Waals surface area contributed by atoms with Crippen LogP contribution in [0.4, 0.5) is 0 Å². The SMILES string of the molecule is O=C(O)c1ccc(S(=O)CCc2cccs2)cc1. The fourth-order valence-electron chi connectivity index (χ4n) is 1.52. The average Bonchev–Trinajstić information content (AvgIpc) is 2.89. The van der Waals surface area contributed by atoms with Crippen molar-refractivity contribution >= 4 is 28.1 Å². The molecule has 18 heavy (non-hydrogen) atoms. The second-order valence-corrected chi connectivity index (χ2v) is 6.31. The molecule has 0 saturated heterocycles. The number of hydrogen-bond donors (Lipinski definition) is 1. The highest BCUT2D eigenvalue weighted by Crippen LogP contribution is 2.13. The standard InChI is InChI=1S/C13H12O3S2/c14-13(15)10-3-5-12(6-4-10)18(16)9-7-11-2-1-8-17-11/h1-6,8H,7,9H2,(H,14,15). The molecule has 0 spiro atoms. The smallest absolute Gasteiger partial charge is 0.335 e. The van der Waals surface area contributed by atoms with Gasteiger partial charge < -0.3 is 5.11 Å². The number of thiophene rings is 1. The van der Waals surface area contributed by atoms with E-state index in [2.05, 4.69) is 0 Å². The number of carbonyl (C=O) groups is 1. The monoisotopic (exact) mass is 280 g/mol. The third-order valence-electron chi connectivity index (χ3n) is 2.48. The lowest BCUT2D eigenvalue weighted by Crippen LogP contribution is -2.02. The van der Waals surface area contributed by atoms with E-state index in [0.717, 1.165) is 6.42 Å². The van der Waals surface area contributed by atoms with Gasteiger partial charge in [0.2, 0.25) is 0 Å². The predicted octanol–water partition coefficient (Wildman–Crippen LogP) is 2.80. The molecule has 0 aliphatic carbocycles. The van der Waals surface area contributed by atoms with Crippen molar-refractivity contribution in [3.8, 4) is 0 Å². The van der Waals surface area contributed by atoms with Gasteiger partial charge in [-0.05, 0) is 42.1 Å². The number of aromatic carboxylic acids is 1. The molecule has 1 N–H and O–H groups in total. The number of hydrogen-bond acceptors (Lipinski definition) is 3. The topological polar surface area (TPSA) is 54.4 Å². The van der Waals surface area contributed by atoms with E-state index in [-0.39, 0.29) is 5.56 Å². The van der Waals surface area contributed by atoms with Crippen LogP contribution >= 0.6 is 11.3 Å². The number of carboxylic acids is 1. The Morgan fingerprint density at radius 2 is 1.94 bits per heavy atom. The van der Waals surface area contributed by atoms with Crippen LogP contribution in [0.1, 0.15) is 15.2 Å². The van der Waals surface area contributed by atoms with Crippen LogP contribution in [-0.4, -0.2) is 21.0 Å². The molecular weight excluding hydrogens is 268 g/mol. The van der Waals surface area contributed by atoms with Crippen LogP contribution in [0, 0.1) is 0 Å². The average molecular weight is 280 g/mol. The lowest BCUT2D eigenvalue weighted by Gasteiger charge is -2.02. The third kappa shape index (κ3) is 3.27. The molecule has 0 saturated carbocycles. The highest BCUT2D eigenvalue weighted by molar-refractivity contribution is 7.85. The van der Waals surface area contributed by atoms with Crippen molar-refractivity contribution in [3.63, 3.8) is 0 Å². The van der Waals surface area contributed by atoms with Gasteiger partial charge in [-0.25, -0.2) is 4.79 Å². The molecular formula is C13H12O3S2. The van der Waals surface area contributed by atoms with Gasteiger partial charge >= 0.3 is 5.97 Å². The summed E-state index contributed by atoms with van der Waals surface area (Å²) < 4.78 is 12.0. The maximum Gasteiger partial charge on any atom is 0.335 e. The van der Waals surface area contributed by atoms with E-state index in [1.54, 1.807) is 23.5 Å². The Morgan fingerprint density at radius 3 is 2.50 bits per heavy atom. The first kappa shape index (κ1) is 13.0. The summed E-state index contributed by atoms with van der Waals surface area (Å²) in [6.07, 6.45) is 0.783. The molecule has 0 bridgehead atoms.